The number of benzene rings is 1. The Hall–Kier alpha value is -2.77. The summed E-state index contributed by atoms with van der Waals surface area (Å²) in [6.07, 6.45) is 0.347. The van der Waals surface area contributed by atoms with Crippen LogP contribution in [-0.2, 0) is 6.42 Å². The Bertz CT molecular complexity index is 693. The summed E-state index contributed by atoms with van der Waals surface area (Å²) in [4.78, 5) is 21.7. The fraction of sp³-hybridized carbons (Fsp3) is 0.250. The van der Waals surface area contributed by atoms with Gasteiger partial charge in [-0.25, -0.2) is 9.48 Å². The Labute approximate surface area is 113 Å². The number of nitrogens with zero attached hydrogens (tertiary/aromatic N) is 4. The largest absolute Gasteiger partial charge is 0.476 e. The van der Waals surface area contributed by atoms with Crippen LogP contribution in [0.3, 0.4) is 0 Å². The fourth-order valence-corrected chi connectivity index (χ4v) is 2.03. The number of aromatic nitrogens is 3. The topological polar surface area (TPSA) is 111 Å². The van der Waals surface area contributed by atoms with E-state index in [1.807, 2.05) is 0 Å². The molecular weight excluding hydrogens is 264 g/mol. The molecule has 2 aromatic rings. The predicted molar refractivity (Wildman–Crippen MR) is 69.1 cm³/mol. The lowest BCUT2D eigenvalue weighted by atomic mass is 10.1. The zero-order chi connectivity index (χ0) is 14.9. The summed E-state index contributed by atoms with van der Waals surface area (Å²) in [5, 5.41) is 27.5. The summed E-state index contributed by atoms with van der Waals surface area (Å²) in [6.45, 7) is 3.44. The molecule has 0 fully saturated rings. The number of nitro groups is 1. The molecule has 0 saturated heterocycles. The van der Waals surface area contributed by atoms with Crippen LogP contribution in [0.2, 0.25) is 0 Å². The highest BCUT2D eigenvalue weighted by Crippen LogP contribution is 2.27. The van der Waals surface area contributed by atoms with Crippen molar-refractivity contribution in [3.8, 4) is 5.69 Å². The molecule has 0 unspecified atom stereocenters. The van der Waals surface area contributed by atoms with Gasteiger partial charge in [0, 0.05) is 6.07 Å². The Morgan fingerprint density at radius 3 is 2.75 bits per heavy atom. The average Bonchev–Trinajstić information content (AvgIpc) is 2.81. The summed E-state index contributed by atoms with van der Waals surface area (Å²) in [5.41, 5.74) is 0.867. The SMILES string of the molecule is CCc1c(C(=O)O)nnn1-c1c(C)cccc1[N+](=O)[O-]. The van der Waals surface area contributed by atoms with Gasteiger partial charge in [0.1, 0.15) is 5.69 Å². The van der Waals surface area contributed by atoms with E-state index in [4.69, 9.17) is 5.11 Å². The van der Waals surface area contributed by atoms with E-state index in [-0.39, 0.29) is 17.1 Å². The van der Waals surface area contributed by atoms with Gasteiger partial charge in [0.05, 0.1) is 10.6 Å². The highest BCUT2D eigenvalue weighted by molar-refractivity contribution is 5.86. The summed E-state index contributed by atoms with van der Waals surface area (Å²) < 4.78 is 1.23. The number of rotatable bonds is 4. The van der Waals surface area contributed by atoms with Crippen LogP contribution in [0.1, 0.15) is 28.7 Å². The molecule has 1 N–H and O–H groups in total. The number of carboxylic acid groups (broad SMARTS) is 1. The van der Waals surface area contributed by atoms with E-state index in [0.29, 0.717) is 17.7 Å². The van der Waals surface area contributed by atoms with Crippen molar-refractivity contribution in [2.24, 2.45) is 0 Å². The first kappa shape index (κ1) is 13.7. The van der Waals surface area contributed by atoms with Gasteiger partial charge in [0.15, 0.2) is 5.69 Å². The van der Waals surface area contributed by atoms with Crippen molar-refractivity contribution in [1.82, 2.24) is 15.0 Å². The average molecular weight is 276 g/mol. The number of aromatic carboxylic acids is 1. The molecule has 0 aliphatic heterocycles. The lowest BCUT2D eigenvalue weighted by Crippen LogP contribution is -2.09. The number of carbonyl (C=O) groups is 1. The number of para-hydroxylation sites is 1. The van der Waals surface area contributed by atoms with Gasteiger partial charge in [-0.15, -0.1) is 5.10 Å². The van der Waals surface area contributed by atoms with Crippen LogP contribution >= 0.6 is 0 Å². The summed E-state index contributed by atoms with van der Waals surface area (Å²) in [7, 11) is 0. The molecule has 0 aliphatic carbocycles. The van der Waals surface area contributed by atoms with E-state index in [1.54, 1.807) is 26.0 Å². The number of nitro benzene ring substituents is 1. The quantitative estimate of drug-likeness (QED) is 0.672. The highest BCUT2D eigenvalue weighted by Gasteiger charge is 2.24. The smallest absolute Gasteiger partial charge is 0.358 e. The molecule has 2 rings (SSSR count). The molecule has 1 aromatic carbocycles. The lowest BCUT2D eigenvalue weighted by molar-refractivity contribution is -0.384. The molecule has 0 spiro atoms. The Kier molecular flexibility index (Phi) is 3.47. The van der Waals surface area contributed by atoms with Crippen LogP contribution in [0.5, 0.6) is 0 Å². The minimum Gasteiger partial charge on any atom is -0.476 e. The summed E-state index contributed by atoms with van der Waals surface area (Å²) >= 11 is 0. The molecular formula is C12H12N4O4. The van der Waals surface area contributed by atoms with E-state index in [0.717, 1.165) is 0 Å². The molecule has 0 radical (unpaired) electrons. The zero-order valence-corrected chi connectivity index (χ0v) is 10.9. The first-order valence-electron chi connectivity index (χ1n) is 5.89. The molecule has 8 nitrogen and oxygen atoms in total. The van der Waals surface area contributed by atoms with Gasteiger partial charge >= 0.3 is 5.97 Å². The van der Waals surface area contributed by atoms with Crippen LogP contribution in [0.25, 0.3) is 5.69 Å². The third kappa shape index (κ3) is 2.11. The monoisotopic (exact) mass is 276 g/mol. The van der Waals surface area contributed by atoms with Crippen LogP contribution in [0, 0.1) is 17.0 Å². The predicted octanol–water partition coefficient (Wildman–Crippen LogP) is 1.74. The van der Waals surface area contributed by atoms with Gasteiger partial charge in [0.25, 0.3) is 5.69 Å². The molecule has 0 aliphatic rings. The minimum atomic E-state index is -1.20. The van der Waals surface area contributed by atoms with Crippen LogP contribution in [0.15, 0.2) is 18.2 Å². The standard InChI is InChI=1S/C12H12N4O4/c1-3-8-10(12(17)18)13-14-15(8)11-7(2)5-4-6-9(11)16(19)20/h4-6H,3H2,1-2H3,(H,17,18). The van der Waals surface area contributed by atoms with E-state index in [2.05, 4.69) is 10.3 Å². The van der Waals surface area contributed by atoms with Gasteiger partial charge in [-0.1, -0.05) is 24.3 Å². The third-order valence-electron chi connectivity index (χ3n) is 2.93. The summed E-state index contributed by atoms with van der Waals surface area (Å²) in [5.74, 6) is -1.20. The van der Waals surface area contributed by atoms with Gasteiger partial charge in [-0.3, -0.25) is 10.1 Å². The minimum absolute atomic E-state index is 0.137. The zero-order valence-electron chi connectivity index (χ0n) is 10.9. The normalized spacial score (nSPS) is 10.5. The lowest BCUT2D eigenvalue weighted by Gasteiger charge is -2.08. The van der Waals surface area contributed by atoms with E-state index in [1.165, 1.54) is 10.7 Å². The second-order valence-electron chi connectivity index (χ2n) is 4.16. The van der Waals surface area contributed by atoms with Gasteiger partial charge in [-0.2, -0.15) is 0 Å². The molecule has 0 atom stereocenters. The van der Waals surface area contributed by atoms with Gasteiger partial charge in [0.2, 0.25) is 0 Å². The molecule has 0 saturated carbocycles. The molecule has 1 aromatic heterocycles. The first-order chi connectivity index (χ1) is 9.47. The number of hydrogen-bond donors (Lipinski definition) is 1. The van der Waals surface area contributed by atoms with E-state index < -0.39 is 10.9 Å². The first-order valence-corrected chi connectivity index (χ1v) is 5.89. The molecule has 0 bridgehead atoms. The van der Waals surface area contributed by atoms with Crippen molar-refractivity contribution in [3.05, 3.63) is 45.3 Å². The maximum absolute atomic E-state index is 11.1. The number of aryl methyl sites for hydroxylation is 1. The van der Waals surface area contributed by atoms with Crippen molar-refractivity contribution < 1.29 is 14.8 Å². The van der Waals surface area contributed by atoms with Crippen LogP contribution < -0.4 is 0 Å². The Balaban J connectivity index is 2.75. The van der Waals surface area contributed by atoms with Crippen LogP contribution in [0.4, 0.5) is 5.69 Å². The number of hydrogen-bond acceptors (Lipinski definition) is 5. The molecule has 0 amide bonds. The molecule has 8 heteroatoms. The maximum atomic E-state index is 11.1. The maximum Gasteiger partial charge on any atom is 0.358 e. The van der Waals surface area contributed by atoms with Crippen molar-refractivity contribution in [1.29, 1.82) is 0 Å². The number of carboxylic acids is 1. The fourth-order valence-electron chi connectivity index (χ4n) is 2.03. The second kappa shape index (κ2) is 5.08. The Morgan fingerprint density at radius 1 is 1.50 bits per heavy atom. The summed E-state index contributed by atoms with van der Waals surface area (Å²) in [6, 6.07) is 4.62. The van der Waals surface area contributed by atoms with E-state index >= 15 is 0 Å². The highest BCUT2D eigenvalue weighted by atomic mass is 16.6. The van der Waals surface area contributed by atoms with Crippen molar-refractivity contribution in [2.75, 3.05) is 0 Å². The van der Waals surface area contributed by atoms with Gasteiger partial charge in [-0.05, 0) is 18.9 Å². The van der Waals surface area contributed by atoms with Crippen molar-refractivity contribution in [2.45, 2.75) is 20.3 Å². The van der Waals surface area contributed by atoms with Gasteiger partial charge < -0.3 is 5.11 Å². The van der Waals surface area contributed by atoms with Crippen LogP contribution in [-0.4, -0.2) is 31.0 Å². The molecule has 20 heavy (non-hydrogen) atoms. The molecule has 1 heterocycles. The molecule has 104 valence electrons. The van der Waals surface area contributed by atoms with Crippen molar-refractivity contribution in [3.63, 3.8) is 0 Å². The van der Waals surface area contributed by atoms with E-state index in [9.17, 15) is 14.9 Å². The third-order valence-corrected chi connectivity index (χ3v) is 2.93. The Morgan fingerprint density at radius 2 is 2.20 bits per heavy atom. The second-order valence-corrected chi connectivity index (χ2v) is 4.16. The van der Waals surface area contributed by atoms with Crippen molar-refractivity contribution >= 4 is 11.7 Å².